The molecule has 1 atom stereocenters. The number of nitrogens with two attached hydrogens (primary N) is 1. The number of amides is 1. The van der Waals surface area contributed by atoms with Crippen LogP contribution in [-0.4, -0.2) is 24.1 Å². The lowest BCUT2D eigenvalue weighted by molar-refractivity contribution is -0.125. The molecule has 0 aliphatic carbocycles. The fourth-order valence-corrected chi connectivity index (χ4v) is 3.07. The van der Waals surface area contributed by atoms with E-state index in [0.29, 0.717) is 19.8 Å². The topological polar surface area (TPSA) is 77.2 Å². The summed E-state index contributed by atoms with van der Waals surface area (Å²) in [4.78, 5) is 16.3. The van der Waals surface area contributed by atoms with Crippen molar-refractivity contribution in [3.05, 3.63) is 23.2 Å². The summed E-state index contributed by atoms with van der Waals surface area (Å²) in [7, 11) is 0. The van der Waals surface area contributed by atoms with Gasteiger partial charge in [-0.15, -0.1) is 11.3 Å². The molecule has 0 bridgehead atoms. The van der Waals surface area contributed by atoms with Gasteiger partial charge >= 0.3 is 0 Å². The Morgan fingerprint density at radius 1 is 1.58 bits per heavy atom. The molecular formula is C13H15N3O2S. The Morgan fingerprint density at radius 3 is 3.26 bits per heavy atom. The molecule has 6 heteroatoms. The minimum atomic E-state index is -0.00924. The van der Waals surface area contributed by atoms with Crippen molar-refractivity contribution in [2.45, 2.75) is 13.0 Å². The number of nitrogen functional groups attached to an aromatic ring is 1. The number of nitrogens with one attached hydrogen (secondary N) is 1. The lowest BCUT2D eigenvalue weighted by Crippen LogP contribution is -2.30. The highest BCUT2D eigenvalue weighted by Gasteiger charge is 2.23. The zero-order valence-corrected chi connectivity index (χ0v) is 11.2. The number of hydrogen-bond donors (Lipinski definition) is 2. The SMILES string of the molecule is Nc1ccc2nc(CNC(=O)C3CCOC3)sc2c1. The fraction of sp³-hybridized carbons (Fsp3) is 0.385. The number of thiazole rings is 1. The van der Waals surface area contributed by atoms with Crippen molar-refractivity contribution in [3.63, 3.8) is 0 Å². The van der Waals surface area contributed by atoms with Gasteiger partial charge in [0.1, 0.15) is 5.01 Å². The van der Waals surface area contributed by atoms with Crippen LogP contribution in [0.3, 0.4) is 0 Å². The molecule has 0 radical (unpaired) electrons. The van der Waals surface area contributed by atoms with E-state index in [1.165, 1.54) is 0 Å². The van der Waals surface area contributed by atoms with Gasteiger partial charge in [0.15, 0.2) is 0 Å². The minimum absolute atomic E-state index is 0.00924. The summed E-state index contributed by atoms with van der Waals surface area (Å²) >= 11 is 1.56. The van der Waals surface area contributed by atoms with Crippen LogP contribution in [0.25, 0.3) is 10.2 Å². The van der Waals surface area contributed by atoms with Crippen LogP contribution in [0.5, 0.6) is 0 Å². The van der Waals surface area contributed by atoms with Crippen LogP contribution in [0.15, 0.2) is 18.2 Å². The molecule has 3 rings (SSSR count). The fourth-order valence-electron chi connectivity index (χ4n) is 2.11. The monoisotopic (exact) mass is 277 g/mol. The number of nitrogens with zero attached hydrogens (tertiary/aromatic N) is 1. The van der Waals surface area contributed by atoms with E-state index in [9.17, 15) is 4.79 Å². The third kappa shape index (κ3) is 2.69. The number of rotatable bonds is 3. The van der Waals surface area contributed by atoms with Crippen LogP contribution in [0.2, 0.25) is 0 Å². The van der Waals surface area contributed by atoms with Crippen molar-refractivity contribution in [3.8, 4) is 0 Å². The summed E-state index contributed by atoms with van der Waals surface area (Å²) in [5.74, 6) is 0.0429. The first-order chi connectivity index (χ1) is 9.22. The van der Waals surface area contributed by atoms with E-state index in [1.54, 1.807) is 11.3 Å². The highest BCUT2D eigenvalue weighted by atomic mass is 32.1. The molecule has 1 aliphatic rings. The van der Waals surface area contributed by atoms with Crippen molar-refractivity contribution in [2.75, 3.05) is 18.9 Å². The van der Waals surface area contributed by atoms with Crippen molar-refractivity contribution in [2.24, 2.45) is 5.92 Å². The molecule has 1 aliphatic heterocycles. The molecule has 1 saturated heterocycles. The van der Waals surface area contributed by atoms with Crippen LogP contribution < -0.4 is 11.1 Å². The summed E-state index contributed by atoms with van der Waals surface area (Å²) in [5.41, 5.74) is 7.39. The molecule has 100 valence electrons. The molecule has 5 nitrogen and oxygen atoms in total. The Morgan fingerprint density at radius 2 is 2.47 bits per heavy atom. The van der Waals surface area contributed by atoms with E-state index in [4.69, 9.17) is 10.5 Å². The zero-order chi connectivity index (χ0) is 13.2. The summed E-state index contributed by atoms with van der Waals surface area (Å²) in [6.07, 6.45) is 0.808. The first-order valence-electron chi connectivity index (χ1n) is 6.23. The van der Waals surface area contributed by atoms with Crippen molar-refractivity contribution in [1.29, 1.82) is 0 Å². The van der Waals surface area contributed by atoms with Gasteiger partial charge in [0.2, 0.25) is 5.91 Å². The van der Waals surface area contributed by atoms with Gasteiger partial charge in [0, 0.05) is 12.3 Å². The second-order valence-electron chi connectivity index (χ2n) is 4.61. The molecule has 1 fully saturated rings. The predicted molar refractivity (Wildman–Crippen MR) is 74.8 cm³/mol. The van der Waals surface area contributed by atoms with E-state index in [1.807, 2.05) is 18.2 Å². The molecule has 1 amide bonds. The molecule has 2 heterocycles. The lowest BCUT2D eigenvalue weighted by Gasteiger charge is -2.07. The van der Waals surface area contributed by atoms with E-state index < -0.39 is 0 Å². The number of carbonyl (C=O) groups is 1. The first-order valence-corrected chi connectivity index (χ1v) is 7.04. The Bertz CT molecular complexity index is 605. The average Bonchev–Trinajstić information content (AvgIpc) is 3.04. The Labute approximate surface area is 114 Å². The molecule has 2 aromatic rings. The van der Waals surface area contributed by atoms with Crippen LogP contribution in [-0.2, 0) is 16.1 Å². The third-order valence-corrected chi connectivity index (χ3v) is 4.19. The van der Waals surface area contributed by atoms with Crippen molar-refractivity contribution >= 4 is 33.1 Å². The zero-order valence-electron chi connectivity index (χ0n) is 10.4. The van der Waals surface area contributed by atoms with Crippen LogP contribution in [0, 0.1) is 5.92 Å². The minimum Gasteiger partial charge on any atom is -0.399 e. The summed E-state index contributed by atoms with van der Waals surface area (Å²) in [5, 5.41) is 3.81. The predicted octanol–water partition coefficient (Wildman–Crippen LogP) is 1.53. The van der Waals surface area contributed by atoms with Crippen molar-refractivity contribution in [1.82, 2.24) is 10.3 Å². The van der Waals surface area contributed by atoms with Crippen molar-refractivity contribution < 1.29 is 9.53 Å². The molecule has 3 N–H and O–H groups in total. The van der Waals surface area contributed by atoms with Crippen LogP contribution in [0.4, 0.5) is 5.69 Å². The Kier molecular flexibility index (Phi) is 3.35. The number of fused-ring (bicyclic) bond motifs is 1. The van der Waals surface area contributed by atoms with Gasteiger partial charge in [-0.05, 0) is 24.6 Å². The van der Waals surface area contributed by atoms with E-state index >= 15 is 0 Å². The molecular weight excluding hydrogens is 262 g/mol. The maximum atomic E-state index is 11.9. The first kappa shape index (κ1) is 12.4. The molecule has 1 aromatic carbocycles. The molecule has 0 saturated carbocycles. The lowest BCUT2D eigenvalue weighted by atomic mass is 10.1. The number of anilines is 1. The van der Waals surface area contributed by atoms with E-state index in [-0.39, 0.29) is 11.8 Å². The van der Waals surface area contributed by atoms with Gasteiger partial charge in [-0.3, -0.25) is 4.79 Å². The average molecular weight is 277 g/mol. The summed E-state index contributed by atoms with van der Waals surface area (Å²) < 4.78 is 6.25. The standard InChI is InChI=1S/C13H15N3O2S/c14-9-1-2-10-11(5-9)19-12(16-10)6-15-13(17)8-3-4-18-7-8/h1-2,5,8H,3-4,6-7,14H2,(H,15,17). The second kappa shape index (κ2) is 5.14. The second-order valence-corrected chi connectivity index (χ2v) is 5.73. The largest absolute Gasteiger partial charge is 0.399 e. The number of ether oxygens (including phenoxy) is 1. The number of benzene rings is 1. The summed E-state index contributed by atoms with van der Waals surface area (Å²) in [6, 6.07) is 5.64. The van der Waals surface area contributed by atoms with Crippen LogP contribution >= 0.6 is 11.3 Å². The smallest absolute Gasteiger partial charge is 0.225 e. The van der Waals surface area contributed by atoms with Crippen LogP contribution in [0.1, 0.15) is 11.4 Å². The Hall–Kier alpha value is -1.66. The quantitative estimate of drug-likeness (QED) is 0.834. The third-order valence-electron chi connectivity index (χ3n) is 3.17. The maximum absolute atomic E-state index is 11.9. The Balaban J connectivity index is 1.66. The summed E-state index contributed by atoms with van der Waals surface area (Å²) in [6.45, 7) is 1.68. The number of hydrogen-bond acceptors (Lipinski definition) is 5. The molecule has 1 unspecified atom stereocenters. The molecule has 19 heavy (non-hydrogen) atoms. The highest BCUT2D eigenvalue weighted by molar-refractivity contribution is 7.18. The normalized spacial score (nSPS) is 18.8. The van der Waals surface area contributed by atoms with E-state index in [2.05, 4.69) is 10.3 Å². The van der Waals surface area contributed by atoms with Gasteiger partial charge in [-0.2, -0.15) is 0 Å². The molecule has 1 aromatic heterocycles. The van der Waals surface area contributed by atoms with E-state index in [0.717, 1.165) is 27.3 Å². The number of carbonyl (C=O) groups excluding carboxylic acids is 1. The van der Waals surface area contributed by atoms with Gasteiger partial charge in [-0.1, -0.05) is 0 Å². The highest BCUT2D eigenvalue weighted by Crippen LogP contribution is 2.24. The van der Waals surface area contributed by atoms with Gasteiger partial charge in [0.05, 0.1) is 29.3 Å². The van der Waals surface area contributed by atoms with Gasteiger partial charge in [-0.25, -0.2) is 4.98 Å². The van der Waals surface area contributed by atoms with Gasteiger partial charge < -0.3 is 15.8 Å². The maximum Gasteiger partial charge on any atom is 0.225 e. The van der Waals surface area contributed by atoms with Gasteiger partial charge in [0.25, 0.3) is 0 Å². The number of aromatic nitrogens is 1. The molecule has 0 spiro atoms.